The monoisotopic (exact) mass is 1230 g/mol. The Morgan fingerprint density at radius 1 is 0.616 bits per heavy atom. The molecule has 4 fully saturated rings. The summed E-state index contributed by atoms with van der Waals surface area (Å²) in [5.41, 5.74) is 7.22. The predicted molar refractivity (Wildman–Crippen MR) is 331 cm³/mol. The van der Waals surface area contributed by atoms with E-state index in [2.05, 4.69) is 79.3 Å². The number of fused-ring (bicyclic) bond motifs is 2. The molecule has 0 bridgehead atoms. The van der Waals surface area contributed by atoms with Crippen molar-refractivity contribution in [3.05, 3.63) is 122 Å². The molecule has 4 N–H and O–H groups in total. The number of rotatable bonds is 18. The molecule has 28 heteroatoms. The molecule has 8 heterocycles. The highest BCUT2D eigenvalue weighted by Crippen LogP contribution is 2.44. The third kappa shape index (κ3) is 15.1. The number of hydrogen-bond acceptors (Lipinski definition) is 22. The molecular weight excluding hydrogens is 1160 g/mol. The molecule has 4 aliphatic rings. The summed E-state index contributed by atoms with van der Waals surface area (Å²) in [7, 11) is -8.13. The van der Waals surface area contributed by atoms with Gasteiger partial charge in [0.2, 0.25) is 5.28 Å². The average Bonchev–Trinajstić information content (AvgIpc) is 1.13. The summed E-state index contributed by atoms with van der Waals surface area (Å²) in [6.07, 6.45) is 18.9. The third-order valence-corrected chi connectivity index (χ3v) is 18.7. The minimum atomic E-state index is -3.38. The highest BCUT2D eigenvalue weighted by molar-refractivity contribution is 7.91. The second-order valence-corrected chi connectivity index (χ2v) is 26.6. The molecule has 0 aromatic carbocycles. The zero-order valence-corrected chi connectivity index (χ0v) is 51.2. The number of halogens is 1. The van der Waals surface area contributed by atoms with Gasteiger partial charge in [-0.2, -0.15) is 4.98 Å². The number of sulfone groups is 2. The molecule has 4 aliphatic carbocycles. The zero-order chi connectivity index (χ0) is 60.9. The van der Waals surface area contributed by atoms with Gasteiger partial charge < -0.3 is 20.7 Å². The smallest absolute Gasteiger partial charge is 0.423 e. The number of nitrogens with zero attached hydrogens (tertiary/aromatic N) is 14. The molecule has 8 aromatic rings. The summed E-state index contributed by atoms with van der Waals surface area (Å²) >= 11 is 5.95. The van der Waals surface area contributed by atoms with E-state index in [9.17, 15) is 26.4 Å². The summed E-state index contributed by atoms with van der Waals surface area (Å²) in [6, 6.07) is 6.21. The summed E-state index contributed by atoms with van der Waals surface area (Å²) in [4.78, 5) is 79.0. The van der Waals surface area contributed by atoms with Crippen molar-refractivity contribution in [3.8, 4) is 11.4 Å². The van der Waals surface area contributed by atoms with E-state index in [0.29, 0.717) is 68.7 Å². The summed E-state index contributed by atoms with van der Waals surface area (Å²) < 4.78 is 51.3. The number of nitrogens with one attached hydrogen (secondary N) is 2. The van der Waals surface area contributed by atoms with Gasteiger partial charge in [0.25, 0.3) is 11.1 Å². The van der Waals surface area contributed by atoms with Gasteiger partial charge in [-0.1, -0.05) is 47.6 Å². The molecule has 0 amide bonds. The lowest BCUT2D eigenvalue weighted by Crippen LogP contribution is -2.36. The van der Waals surface area contributed by atoms with Crippen molar-refractivity contribution < 1.29 is 26.9 Å². The SMILES string of the molecule is C.CCC.CCS(=O)(=O)c1ccc(CNc2nc3cnc(-c4c(C)ncnc4C4CC4)nc3n([C@@H](C)C3CC3)c2=O)cn1.CCS(=O)(=O)c1ccc(CNc2nc3cnc(Cl)nc3n([C@@H](C)C3CC3)c2=O)nc1.Cc1ncnc(C2CC2)c1B(O)O. The van der Waals surface area contributed by atoms with E-state index in [0.717, 1.165) is 79.6 Å². The molecular formula is C58H74BClN16O8S2. The summed E-state index contributed by atoms with van der Waals surface area (Å²) in [5, 5.41) is 24.5. The Kier molecular flexibility index (Phi) is 20.7. The zero-order valence-electron chi connectivity index (χ0n) is 48.8. The fraction of sp³-hybridized carbons (Fsp3) is 0.483. The predicted octanol–water partition coefficient (Wildman–Crippen LogP) is 7.61. The van der Waals surface area contributed by atoms with Crippen LogP contribution >= 0.6 is 11.6 Å². The summed E-state index contributed by atoms with van der Waals surface area (Å²) in [6.45, 7) is 15.6. The molecule has 0 aliphatic heterocycles. The van der Waals surface area contributed by atoms with Gasteiger partial charge in [0.05, 0.1) is 58.0 Å². The molecule has 12 rings (SSSR count). The van der Waals surface area contributed by atoms with Crippen molar-refractivity contribution >= 4 is 77.8 Å². The Morgan fingerprint density at radius 2 is 1.15 bits per heavy atom. The molecule has 4 saturated carbocycles. The number of aryl methyl sites for hydroxylation is 2. The molecule has 0 radical (unpaired) electrons. The van der Waals surface area contributed by atoms with Gasteiger partial charge in [0.1, 0.15) is 23.7 Å². The fourth-order valence-corrected chi connectivity index (χ4v) is 11.4. The number of anilines is 2. The van der Waals surface area contributed by atoms with Crippen molar-refractivity contribution in [2.45, 2.75) is 168 Å². The molecule has 0 unspecified atom stereocenters. The molecule has 0 spiro atoms. The van der Waals surface area contributed by atoms with Crippen LogP contribution in [0.15, 0.2) is 81.2 Å². The Labute approximate surface area is 505 Å². The van der Waals surface area contributed by atoms with E-state index < -0.39 is 26.8 Å². The number of pyridine rings is 2. The van der Waals surface area contributed by atoms with Crippen LogP contribution in [-0.4, -0.2) is 114 Å². The first kappa shape index (κ1) is 64.7. The number of hydrogen-bond donors (Lipinski definition) is 4. The number of aromatic nitrogens is 14. The van der Waals surface area contributed by atoms with E-state index >= 15 is 0 Å². The van der Waals surface area contributed by atoms with Crippen LogP contribution in [-0.2, 0) is 32.8 Å². The largest absolute Gasteiger partial charge is 0.492 e. The maximum atomic E-state index is 13.8. The molecule has 8 aromatic heterocycles. The minimum absolute atomic E-state index is 0. The average molecular weight is 1230 g/mol. The first-order valence-electron chi connectivity index (χ1n) is 28.7. The Morgan fingerprint density at radius 3 is 1.66 bits per heavy atom. The fourth-order valence-electron chi connectivity index (χ4n) is 9.68. The van der Waals surface area contributed by atoms with Crippen molar-refractivity contribution in [3.63, 3.8) is 0 Å². The maximum absolute atomic E-state index is 13.8. The second kappa shape index (κ2) is 27.6. The van der Waals surface area contributed by atoms with Crippen LogP contribution in [0, 0.1) is 25.7 Å². The van der Waals surface area contributed by atoms with Crippen LogP contribution in [0.1, 0.15) is 165 Å². The first-order valence-corrected chi connectivity index (χ1v) is 32.4. The van der Waals surface area contributed by atoms with Crippen molar-refractivity contribution in [1.82, 2.24) is 68.9 Å². The Hall–Kier alpha value is -7.33. The highest BCUT2D eigenvalue weighted by atomic mass is 35.5. The van der Waals surface area contributed by atoms with Gasteiger partial charge in [-0.25, -0.2) is 66.7 Å². The van der Waals surface area contributed by atoms with E-state index in [1.807, 2.05) is 20.8 Å². The van der Waals surface area contributed by atoms with Crippen LogP contribution in [0.5, 0.6) is 0 Å². The van der Waals surface area contributed by atoms with Crippen molar-refractivity contribution in [2.24, 2.45) is 11.8 Å². The molecule has 456 valence electrons. The van der Waals surface area contributed by atoms with E-state index in [4.69, 9.17) is 26.6 Å². The topological polar surface area (TPSA) is 331 Å². The standard InChI is InChI=1S/C27H30N8O3S.C19H21ClN6O3S.C8H11BN2O2.C3H8.CH4/c1-4-39(37,38)21-10-5-17(11-28-21)12-29-25-27(36)35(16(3)18-6-7-18)26-20(33-25)13-30-24(34-26)22-15(2)31-14-32-23(22)19-8-9-19;1-3-30(28,29)14-7-6-13(21-9-14)8-22-16-18(27)26(11(2)12-4-5-12)17-15(24-16)10-23-19(20)25-17;1-5-7(9(12)13)8(6-2-3-6)11-4-10-5;1-3-2;/h5,10-11,13-14,16,18-19H,4,6-9,12H2,1-3H3,(H,29,33);6-7,9-12H,3-5,8H2,1-2H3,(H,22,24);4,6,12-13H,2-3H2,1H3;3H2,1-2H3;1H4/t16-;11-;;;/m00.../s1. The van der Waals surface area contributed by atoms with Gasteiger partial charge in [0, 0.05) is 59.7 Å². The van der Waals surface area contributed by atoms with Crippen LogP contribution in [0.4, 0.5) is 11.6 Å². The third-order valence-electron chi connectivity index (χ3n) is 15.2. The van der Waals surface area contributed by atoms with Gasteiger partial charge in [-0.15, -0.1) is 0 Å². The van der Waals surface area contributed by atoms with Gasteiger partial charge in [0.15, 0.2) is 53.5 Å². The lowest BCUT2D eigenvalue weighted by molar-refractivity contribution is 0.424. The van der Waals surface area contributed by atoms with Crippen molar-refractivity contribution in [2.75, 3.05) is 22.1 Å². The van der Waals surface area contributed by atoms with Crippen molar-refractivity contribution in [1.29, 1.82) is 0 Å². The van der Waals surface area contributed by atoms with E-state index in [1.165, 1.54) is 43.5 Å². The first-order chi connectivity index (χ1) is 40.7. The van der Waals surface area contributed by atoms with E-state index in [1.54, 1.807) is 54.6 Å². The Balaban J connectivity index is 0.000000180. The maximum Gasteiger partial charge on any atom is 0.492 e. The van der Waals surface area contributed by atoms with Crippen LogP contribution in [0.2, 0.25) is 5.28 Å². The molecule has 2 atom stereocenters. The van der Waals surface area contributed by atoms with Gasteiger partial charge in [-0.3, -0.25) is 23.7 Å². The van der Waals surface area contributed by atoms with Crippen LogP contribution in [0.3, 0.4) is 0 Å². The van der Waals surface area contributed by atoms with Gasteiger partial charge >= 0.3 is 7.12 Å². The van der Waals surface area contributed by atoms with Gasteiger partial charge in [-0.05, 0) is 126 Å². The lowest BCUT2D eigenvalue weighted by atomic mass is 9.77. The summed E-state index contributed by atoms with van der Waals surface area (Å²) in [5.74, 6) is 2.49. The molecule has 24 nitrogen and oxygen atoms in total. The second-order valence-electron chi connectivity index (χ2n) is 21.8. The highest BCUT2D eigenvalue weighted by Gasteiger charge is 2.35. The lowest BCUT2D eigenvalue weighted by Gasteiger charge is -2.19. The quantitative estimate of drug-likeness (QED) is 0.0474. The molecule has 86 heavy (non-hydrogen) atoms. The normalized spacial score (nSPS) is 15.4. The molecule has 0 saturated heterocycles. The van der Waals surface area contributed by atoms with Crippen LogP contribution in [0.25, 0.3) is 33.7 Å². The van der Waals surface area contributed by atoms with E-state index in [-0.39, 0.29) is 82.1 Å². The Bertz CT molecular complexity index is 4070. The van der Waals surface area contributed by atoms with Crippen LogP contribution < -0.4 is 27.2 Å². The minimum Gasteiger partial charge on any atom is -0.423 e.